The molecule has 7 heteroatoms. The maximum atomic E-state index is 11.8. The zero-order chi connectivity index (χ0) is 12.3. The van der Waals surface area contributed by atoms with E-state index in [0.29, 0.717) is 6.54 Å². The molecule has 0 aliphatic rings. The summed E-state index contributed by atoms with van der Waals surface area (Å²) >= 11 is 4.78. The van der Waals surface area contributed by atoms with E-state index in [1.54, 1.807) is 6.07 Å². The second-order valence-corrected chi connectivity index (χ2v) is 7.58. The van der Waals surface area contributed by atoms with Gasteiger partial charge in [-0.3, -0.25) is 0 Å². The Hall–Kier alpha value is -0.420. The second-order valence-electron chi connectivity index (χ2n) is 3.30. The van der Waals surface area contributed by atoms with E-state index in [1.165, 1.54) is 29.6 Å². The third kappa shape index (κ3) is 3.04. The highest BCUT2D eigenvalue weighted by molar-refractivity contribution is 9.10. The van der Waals surface area contributed by atoms with Crippen LogP contribution in [0.1, 0.15) is 11.8 Å². The normalized spacial score (nSPS) is 13.7. The summed E-state index contributed by atoms with van der Waals surface area (Å²) in [6.07, 6.45) is 0. The number of hydrogen-bond donors (Lipinski definition) is 0. The molecule has 1 rings (SSSR count). The monoisotopic (exact) mass is 322 g/mol. The highest BCUT2D eigenvalue weighted by atomic mass is 79.9. The van der Waals surface area contributed by atoms with E-state index in [-0.39, 0.29) is 0 Å². The van der Waals surface area contributed by atoms with Gasteiger partial charge in [0.25, 0.3) is 0 Å². The summed E-state index contributed by atoms with van der Waals surface area (Å²) < 4.78 is 25.7. The van der Waals surface area contributed by atoms with Crippen LogP contribution in [0.25, 0.3) is 0 Å². The van der Waals surface area contributed by atoms with Crippen molar-refractivity contribution in [2.75, 3.05) is 7.05 Å². The van der Waals surface area contributed by atoms with Crippen LogP contribution in [-0.4, -0.2) is 25.0 Å². The standard InChI is InChI=1S/C9H11BrN2O2S2/c1-7(4-11)16(13,14)12(2)5-9-3-8(10)6-15-9/h3,6-7H,5H2,1-2H3. The van der Waals surface area contributed by atoms with Crippen LogP contribution >= 0.6 is 27.3 Å². The lowest BCUT2D eigenvalue weighted by Gasteiger charge is -2.17. The van der Waals surface area contributed by atoms with Gasteiger partial charge in [0.15, 0.2) is 5.25 Å². The molecular weight excluding hydrogens is 312 g/mol. The summed E-state index contributed by atoms with van der Waals surface area (Å²) in [5, 5.41) is 9.51. The van der Waals surface area contributed by atoms with Crippen molar-refractivity contribution in [2.24, 2.45) is 0 Å². The molecule has 0 fully saturated rings. The molecule has 88 valence electrons. The number of sulfonamides is 1. The molecule has 0 radical (unpaired) electrons. The molecule has 1 aromatic rings. The SMILES string of the molecule is CC(C#N)S(=O)(=O)N(C)Cc1cc(Br)cs1. The fraction of sp³-hybridized carbons (Fsp3) is 0.444. The summed E-state index contributed by atoms with van der Waals surface area (Å²) in [5.74, 6) is 0. The minimum atomic E-state index is -3.51. The number of rotatable bonds is 4. The first kappa shape index (κ1) is 13.6. The molecule has 0 N–H and O–H groups in total. The van der Waals surface area contributed by atoms with Gasteiger partial charge in [0, 0.05) is 28.3 Å². The smallest absolute Gasteiger partial charge is 0.211 e. The molecule has 16 heavy (non-hydrogen) atoms. The first-order chi connectivity index (χ1) is 7.37. The maximum Gasteiger partial charge on any atom is 0.230 e. The van der Waals surface area contributed by atoms with E-state index >= 15 is 0 Å². The van der Waals surface area contributed by atoms with E-state index < -0.39 is 15.3 Å². The molecule has 0 aromatic carbocycles. The fourth-order valence-electron chi connectivity index (χ4n) is 1.08. The van der Waals surface area contributed by atoms with Gasteiger partial charge in [-0.05, 0) is 28.9 Å². The predicted octanol–water partition coefficient (Wildman–Crippen LogP) is 2.18. The molecule has 1 unspecified atom stereocenters. The Balaban J connectivity index is 2.81. The number of hydrogen-bond acceptors (Lipinski definition) is 4. The summed E-state index contributed by atoms with van der Waals surface area (Å²) in [7, 11) is -2.03. The van der Waals surface area contributed by atoms with Gasteiger partial charge in [-0.25, -0.2) is 8.42 Å². The first-order valence-corrected chi connectivity index (χ1v) is 7.63. The highest BCUT2D eigenvalue weighted by Crippen LogP contribution is 2.22. The van der Waals surface area contributed by atoms with E-state index in [9.17, 15) is 8.42 Å². The van der Waals surface area contributed by atoms with Crippen LogP contribution < -0.4 is 0 Å². The van der Waals surface area contributed by atoms with Gasteiger partial charge in [-0.1, -0.05) is 0 Å². The van der Waals surface area contributed by atoms with E-state index in [1.807, 2.05) is 11.4 Å². The number of halogens is 1. The number of thiophene rings is 1. The van der Waals surface area contributed by atoms with Crippen LogP contribution in [0.3, 0.4) is 0 Å². The Bertz CT molecular complexity index is 504. The Morgan fingerprint density at radius 2 is 2.31 bits per heavy atom. The molecular formula is C9H11BrN2O2S2. The first-order valence-electron chi connectivity index (χ1n) is 4.45. The van der Waals surface area contributed by atoms with Gasteiger partial charge in [-0.15, -0.1) is 11.3 Å². The number of nitrogens with zero attached hydrogens (tertiary/aromatic N) is 2. The minimum absolute atomic E-state index is 0.296. The molecule has 4 nitrogen and oxygen atoms in total. The highest BCUT2D eigenvalue weighted by Gasteiger charge is 2.25. The summed E-state index contributed by atoms with van der Waals surface area (Å²) in [5.41, 5.74) is 0. The third-order valence-corrected chi connectivity index (χ3v) is 5.74. The molecule has 0 spiro atoms. The van der Waals surface area contributed by atoms with Crippen LogP contribution in [0.2, 0.25) is 0 Å². The van der Waals surface area contributed by atoms with E-state index in [2.05, 4.69) is 15.9 Å². The van der Waals surface area contributed by atoms with Crippen LogP contribution in [0, 0.1) is 11.3 Å². The molecule has 1 heterocycles. The molecule has 0 amide bonds. The molecule has 0 bridgehead atoms. The minimum Gasteiger partial charge on any atom is -0.211 e. The Morgan fingerprint density at radius 3 is 2.75 bits per heavy atom. The van der Waals surface area contributed by atoms with Gasteiger partial charge in [-0.2, -0.15) is 9.57 Å². The lowest BCUT2D eigenvalue weighted by atomic mass is 10.5. The lowest BCUT2D eigenvalue weighted by Crippen LogP contribution is -2.33. The molecule has 0 aliphatic heterocycles. The predicted molar refractivity (Wildman–Crippen MR) is 67.5 cm³/mol. The van der Waals surface area contributed by atoms with E-state index in [0.717, 1.165) is 9.35 Å². The Morgan fingerprint density at radius 1 is 1.69 bits per heavy atom. The zero-order valence-electron chi connectivity index (χ0n) is 8.84. The van der Waals surface area contributed by atoms with Crippen molar-refractivity contribution in [3.8, 4) is 6.07 Å². The van der Waals surface area contributed by atoms with Gasteiger partial charge >= 0.3 is 0 Å². The average Bonchev–Trinajstić information content (AvgIpc) is 2.62. The van der Waals surface area contributed by atoms with Gasteiger partial charge < -0.3 is 0 Å². The Labute approximate surface area is 108 Å². The number of nitriles is 1. The summed E-state index contributed by atoms with van der Waals surface area (Å²) in [6.45, 7) is 1.68. The molecule has 0 saturated carbocycles. The van der Waals surface area contributed by atoms with Crippen molar-refractivity contribution in [1.29, 1.82) is 5.26 Å². The van der Waals surface area contributed by atoms with Crippen molar-refractivity contribution < 1.29 is 8.42 Å². The second kappa shape index (κ2) is 5.27. The van der Waals surface area contributed by atoms with Crippen molar-refractivity contribution in [3.05, 3.63) is 20.8 Å². The largest absolute Gasteiger partial charge is 0.230 e. The van der Waals surface area contributed by atoms with Crippen LogP contribution in [0.5, 0.6) is 0 Å². The molecule has 0 saturated heterocycles. The molecule has 1 aromatic heterocycles. The van der Waals surface area contributed by atoms with Crippen LogP contribution in [0.4, 0.5) is 0 Å². The topological polar surface area (TPSA) is 61.2 Å². The maximum absolute atomic E-state index is 11.8. The van der Waals surface area contributed by atoms with Crippen molar-refractivity contribution in [3.63, 3.8) is 0 Å². The third-order valence-electron chi connectivity index (χ3n) is 2.06. The van der Waals surface area contributed by atoms with Crippen molar-refractivity contribution in [1.82, 2.24) is 4.31 Å². The van der Waals surface area contributed by atoms with Gasteiger partial charge in [0.05, 0.1) is 6.07 Å². The lowest BCUT2D eigenvalue weighted by molar-refractivity contribution is 0.466. The average molecular weight is 323 g/mol. The molecule has 1 atom stereocenters. The quantitative estimate of drug-likeness (QED) is 0.853. The van der Waals surface area contributed by atoms with Crippen LogP contribution in [0.15, 0.2) is 15.9 Å². The zero-order valence-corrected chi connectivity index (χ0v) is 12.1. The van der Waals surface area contributed by atoms with Gasteiger partial charge in [0.1, 0.15) is 0 Å². The summed E-state index contributed by atoms with van der Waals surface area (Å²) in [4.78, 5) is 0.933. The van der Waals surface area contributed by atoms with Crippen molar-refractivity contribution in [2.45, 2.75) is 18.7 Å². The van der Waals surface area contributed by atoms with Crippen molar-refractivity contribution >= 4 is 37.3 Å². The van der Waals surface area contributed by atoms with Crippen LogP contribution in [-0.2, 0) is 16.6 Å². The van der Waals surface area contributed by atoms with Gasteiger partial charge in [0.2, 0.25) is 10.0 Å². The Kier molecular flexibility index (Phi) is 4.50. The van der Waals surface area contributed by atoms with E-state index in [4.69, 9.17) is 5.26 Å². The molecule has 0 aliphatic carbocycles. The fourth-order valence-corrected chi connectivity index (χ4v) is 3.66. The summed E-state index contributed by atoms with van der Waals surface area (Å²) in [6, 6.07) is 3.61.